The van der Waals surface area contributed by atoms with E-state index in [2.05, 4.69) is 20.6 Å². The van der Waals surface area contributed by atoms with Crippen molar-refractivity contribution >= 4 is 17.3 Å². The Morgan fingerprint density at radius 3 is 2.16 bits per heavy atom. The highest BCUT2D eigenvalue weighted by Gasteiger charge is 2.12. The smallest absolute Gasteiger partial charge is 0.194 e. The molecule has 1 aromatic heterocycles. The molecule has 2 rings (SSSR count). The molecule has 0 aliphatic heterocycles. The van der Waals surface area contributed by atoms with Crippen LogP contribution in [-0.2, 0) is 0 Å². The first-order chi connectivity index (χ1) is 9.02. The van der Waals surface area contributed by atoms with E-state index in [0.29, 0.717) is 17.2 Å². The Balaban J connectivity index is 2.36. The third-order valence-corrected chi connectivity index (χ3v) is 2.57. The summed E-state index contributed by atoms with van der Waals surface area (Å²) in [5.41, 5.74) is 0.746. The fourth-order valence-electron chi connectivity index (χ4n) is 1.59. The number of rotatable bonds is 3. The van der Waals surface area contributed by atoms with Gasteiger partial charge in [0, 0.05) is 30.4 Å². The Bertz CT molecular complexity index is 593. The zero-order valence-corrected chi connectivity index (χ0v) is 10.3. The molecule has 0 spiro atoms. The van der Waals surface area contributed by atoms with Gasteiger partial charge in [0.1, 0.15) is 18.0 Å². The average Bonchev–Trinajstić information content (AvgIpc) is 2.38. The normalized spacial score (nSPS) is 10.4. The second kappa shape index (κ2) is 5.13. The van der Waals surface area contributed by atoms with E-state index >= 15 is 0 Å². The second-order valence-electron chi connectivity index (χ2n) is 3.82. The van der Waals surface area contributed by atoms with Crippen molar-refractivity contribution in [3.63, 3.8) is 0 Å². The Labute approximate surface area is 107 Å². The monoisotopic (exact) mass is 268 g/mol. The van der Waals surface area contributed by atoms with Crippen molar-refractivity contribution in [3.05, 3.63) is 41.5 Å². The largest absolute Gasteiger partial charge is 0.373 e. The molecule has 0 amide bonds. The summed E-state index contributed by atoms with van der Waals surface area (Å²) in [6.07, 6.45) is 1.30. The Morgan fingerprint density at radius 1 is 1.00 bits per heavy atom. The van der Waals surface area contributed by atoms with Gasteiger partial charge in [-0.15, -0.1) is 0 Å². The van der Waals surface area contributed by atoms with Crippen LogP contribution in [0.4, 0.5) is 30.5 Å². The predicted molar refractivity (Wildman–Crippen MR) is 65.9 cm³/mol. The van der Waals surface area contributed by atoms with E-state index in [-0.39, 0.29) is 5.69 Å². The van der Waals surface area contributed by atoms with Crippen LogP contribution >= 0.6 is 0 Å². The molecular weight excluding hydrogens is 257 g/mol. The number of aromatic nitrogens is 2. The minimum absolute atomic E-state index is 0.0697. The maximum atomic E-state index is 13.1. The second-order valence-corrected chi connectivity index (χ2v) is 3.82. The molecule has 0 atom stereocenters. The highest BCUT2D eigenvalue weighted by molar-refractivity contribution is 5.64. The molecule has 0 radical (unpaired) electrons. The first kappa shape index (κ1) is 13.1. The van der Waals surface area contributed by atoms with Crippen molar-refractivity contribution in [2.75, 3.05) is 17.7 Å². The molecule has 19 heavy (non-hydrogen) atoms. The van der Waals surface area contributed by atoms with Crippen molar-refractivity contribution in [1.29, 1.82) is 0 Å². The Hall–Kier alpha value is -2.31. The number of nitrogens with zero attached hydrogens (tertiary/aromatic N) is 2. The minimum atomic E-state index is -1.50. The predicted octanol–water partition coefficient (Wildman–Crippen LogP) is 2.99. The molecule has 0 saturated heterocycles. The summed E-state index contributed by atoms with van der Waals surface area (Å²) in [4.78, 5) is 7.94. The van der Waals surface area contributed by atoms with Crippen molar-refractivity contribution in [2.45, 2.75) is 6.92 Å². The number of hydrogen-bond acceptors (Lipinski definition) is 4. The summed E-state index contributed by atoms with van der Waals surface area (Å²) in [7, 11) is 1.69. The third kappa shape index (κ3) is 2.59. The topological polar surface area (TPSA) is 49.8 Å². The molecule has 7 heteroatoms. The molecule has 2 N–H and O–H groups in total. The van der Waals surface area contributed by atoms with Crippen LogP contribution in [0, 0.1) is 24.4 Å². The summed E-state index contributed by atoms with van der Waals surface area (Å²) in [6.45, 7) is 1.74. The molecule has 0 aliphatic rings. The van der Waals surface area contributed by atoms with Crippen molar-refractivity contribution in [3.8, 4) is 0 Å². The first-order valence-electron chi connectivity index (χ1n) is 5.44. The maximum absolute atomic E-state index is 13.1. The summed E-state index contributed by atoms with van der Waals surface area (Å²) < 4.78 is 39.0. The van der Waals surface area contributed by atoms with Crippen LogP contribution in [0.3, 0.4) is 0 Å². The quantitative estimate of drug-likeness (QED) is 0.840. The van der Waals surface area contributed by atoms with Gasteiger partial charge in [0.2, 0.25) is 0 Å². The average molecular weight is 268 g/mol. The van der Waals surface area contributed by atoms with Crippen LogP contribution in [0.5, 0.6) is 0 Å². The lowest BCUT2D eigenvalue weighted by atomic mass is 10.2. The van der Waals surface area contributed by atoms with Gasteiger partial charge in [-0.05, 0) is 6.92 Å². The van der Waals surface area contributed by atoms with Gasteiger partial charge >= 0.3 is 0 Å². The lowest BCUT2D eigenvalue weighted by Gasteiger charge is -2.11. The molecule has 0 bridgehead atoms. The van der Waals surface area contributed by atoms with Crippen LogP contribution in [0.15, 0.2) is 18.5 Å². The van der Waals surface area contributed by atoms with Gasteiger partial charge in [-0.3, -0.25) is 0 Å². The third-order valence-electron chi connectivity index (χ3n) is 2.57. The van der Waals surface area contributed by atoms with Crippen molar-refractivity contribution in [1.82, 2.24) is 9.97 Å². The highest BCUT2D eigenvalue weighted by Crippen LogP contribution is 2.24. The van der Waals surface area contributed by atoms with Crippen molar-refractivity contribution in [2.24, 2.45) is 0 Å². The molecule has 100 valence electrons. The van der Waals surface area contributed by atoms with Gasteiger partial charge in [0.05, 0.1) is 0 Å². The summed E-state index contributed by atoms with van der Waals surface area (Å²) >= 11 is 0. The molecular formula is C12H11F3N4. The van der Waals surface area contributed by atoms with E-state index in [1.54, 1.807) is 14.0 Å². The lowest BCUT2D eigenvalue weighted by molar-refractivity contribution is 0.448. The summed E-state index contributed by atoms with van der Waals surface area (Å²) in [5.74, 6) is -3.06. The van der Waals surface area contributed by atoms with E-state index in [1.807, 2.05) is 0 Å². The fourth-order valence-corrected chi connectivity index (χ4v) is 1.59. The van der Waals surface area contributed by atoms with Gasteiger partial charge in [-0.2, -0.15) is 0 Å². The number of anilines is 3. The first-order valence-corrected chi connectivity index (χ1v) is 5.44. The van der Waals surface area contributed by atoms with Gasteiger partial charge in [-0.25, -0.2) is 23.1 Å². The van der Waals surface area contributed by atoms with Crippen molar-refractivity contribution < 1.29 is 13.2 Å². The van der Waals surface area contributed by atoms with E-state index < -0.39 is 17.5 Å². The summed E-state index contributed by atoms with van der Waals surface area (Å²) in [6, 6.07) is 1.72. The molecule has 0 fully saturated rings. The van der Waals surface area contributed by atoms with Gasteiger partial charge in [0.25, 0.3) is 0 Å². The SMILES string of the molecule is CNc1ncnc(Nc2cc(F)c(F)c(F)c2)c1C. The highest BCUT2D eigenvalue weighted by atomic mass is 19.2. The molecule has 0 unspecified atom stereocenters. The maximum Gasteiger partial charge on any atom is 0.194 e. The number of halogens is 3. The zero-order valence-electron chi connectivity index (χ0n) is 10.3. The molecule has 1 heterocycles. The van der Waals surface area contributed by atoms with Crippen LogP contribution < -0.4 is 10.6 Å². The molecule has 4 nitrogen and oxygen atoms in total. The molecule has 0 aliphatic carbocycles. The van der Waals surface area contributed by atoms with E-state index in [4.69, 9.17) is 0 Å². The molecule has 0 saturated carbocycles. The lowest BCUT2D eigenvalue weighted by Crippen LogP contribution is -2.03. The van der Waals surface area contributed by atoms with Gasteiger partial charge in [-0.1, -0.05) is 0 Å². The van der Waals surface area contributed by atoms with Crippen LogP contribution in [0.1, 0.15) is 5.56 Å². The fraction of sp³-hybridized carbons (Fsp3) is 0.167. The minimum Gasteiger partial charge on any atom is -0.373 e. The Morgan fingerprint density at radius 2 is 1.58 bits per heavy atom. The van der Waals surface area contributed by atoms with Gasteiger partial charge in [0.15, 0.2) is 17.5 Å². The zero-order chi connectivity index (χ0) is 14.0. The standard InChI is InChI=1S/C12H11F3N4/c1-6-11(16-2)17-5-18-12(6)19-7-3-8(13)10(15)9(14)4-7/h3-5H,1-2H3,(H2,16,17,18,19). The van der Waals surface area contributed by atoms with E-state index in [1.165, 1.54) is 6.33 Å². The van der Waals surface area contributed by atoms with E-state index in [9.17, 15) is 13.2 Å². The van der Waals surface area contributed by atoms with Gasteiger partial charge < -0.3 is 10.6 Å². The molecule has 1 aromatic carbocycles. The van der Waals surface area contributed by atoms with Crippen LogP contribution in [0.2, 0.25) is 0 Å². The number of nitrogens with one attached hydrogen (secondary N) is 2. The van der Waals surface area contributed by atoms with E-state index in [0.717, 1.165) is 12.1 Å². The Kier molecular flexibility index (Phi) is 3.55. The number of benzene rings is 1. The van der Waals surface area contributed by atoms with Crippen LogP contribution in [-0.4, -0.2) is 17.0 Å². The molecule has 2 aromatic rings. The number of hydrogen-bond donors (Lipinski definition) is 2. The van der Waals surface area contributed by atoms with Crippen LogP contribution in [0.25, 0.3) is 0 Å². The summed E-state index contributed by atoms with van der Waals surface area (Å²) in [5, 5.41) is 5.57.